The highest BCUT2D eigenvalue weighted by atomic mass is 32.2. The number of nitrogens with zero attached hydrogens (tertiary/aromatic N) is 2. The van der Waals surface area contributed by atoms with Gasteiger partial charge in [-0.05, 0) is 26.2 Å². The van der Waals surface area contributed by atoms with Crippen molar-refractivity contribution in [1.29, 1.82) is 0 Å². The van der Waals surface area contributed by atoms with Crippen molar-refractivity contribution in [2.24, 2.45) is 5.92 Å². The van der Waals surface area contributed by atoms with Gasteiger partial charge in [-0.3, -0.25) is 4.79 Å². The summed E-state index contributed by atoms with van der Waals surface area (Å²) in [6, 6.07) is -0.208. The number of hydrogen-bond donors (Lipinski definition) is 0. The first-order valence-electron chi connectivity index (χ1n) is 7.61. The topological polar surface area (TPSA) is 80.5 Å². The summed E-state index contributed by atoms with van der Waals surface area (Å²) in [5, 5.41) is 3.87. The minimum Gasteiger partial charge on any atom is -0.361 e. The van der Waals surface area contributed by atoms with Crippen LogP contribution in [-0.4, -0.2) is 48.5 Å². The summed E-state index contributed by atoms with van der Waals surface area (Å²) >= 11 is 0. The van der Waals surface area contributed by atoms with E-state index in [-0.39, 0.29) is 35.8 Å². The van der Waals surface area contributed by atoms with Crippen molar-refractivity contribution < 1.29 is 17.7 Å². The van der Waals surface area contributed by atoms with Crippen LogP contribution in [0.4, 0.5) is 0 Å². The third kappa shape index (κ3) is 3.88. The molecule has 7 heteroatoms. The Morgan fingerprint density at radius 3 is 2.55 bits per heavy atom. The van der Waals surface area contributed by atoms with Gasteiger partial charge in [-0.1, -0.05) is 19.0 Å². The van der Waals surface area contributed by atoms with Crippen LogP contribution >= 0.6 is 0 Å². The molecular weight excluding hydrogens is 304 g/mol. The van der Waals surface area contributed by atoms with E-state index in [1.807, 2.05) is 20.8 Å². The zero-order valence-corrected chi connectivity index (χ0v) is 14.4. The van der Waals surface area contributed by atoms with Crippen LogP contribution in [0.5, 0.6) is 0 Å². The number of carbonyl (C=O) groups excluding carboxylic acids is 1. The fraction of sp³-hybridized carbons (Fsp3) is 0.733. The van der Waals surface area contributed by atoms with Crippen molar-refractivity contribution in [2.45, 2.75) is 46.6 Å². The van der Waals surface area contributed by atoms with Crippen LogP contribution in [0.25, 0.3) is 0 Å². The number of rotatable bonds is 5. The highest BCUT2D eigenvalue weighted by Crippen LogP contribution is 2.21. The molecule has 1 saturated heterocycles. The van der Waals surface area contributed by atoms with E-state index in [4.69, 9.17) is 4.52 Å². The van der Waals surface area contributed by atoms with Crippen molar-refractivity contribution in [3.63, 3.8) is 0 Å². The predicted octanol–water partition coefficient (Wildman–Crippen LogP) is 1.51. The molecule has 6 nitrogen and oxygen atoms in total. The molecule has 1 aliphatic heterocycles. The van der Waals surface area contributed by atoms with Gasteiger partial charge in [0, 0.05) is 18.2 Å². The summed E-state index contributed by atoms with van der Waals surface area (Å²) in [7, 11) is -3.01. The van der Waals surface area contributed by atoms with Crippen molar-refractivity contribution >= 4 is 15.7 Å². The molecular formula is C15H24N2O4S. The van der Waals surface area contributed by atoms with Crippen molar-refractivity contribution in [1.82, 2.24) is 10.1 Å². The summed E-state index contributed by atoms with van der Waals surface area (Å²) < 4.78 is 28.5. The number of carbonyl (C=O) groups is 1. The Bertz CT molecular complexity index is 629. The molecule has 0 spiro atoms. The molecule has 1 aromatic rings. The molecule has 1 aromatic heterocycles. The van der Waals surface area contributed by atoms with Gasteiger partial charge in [-0.15, -0.1) is 0 Å². The summed E-state index contributed by atoms with van der Waals surface area (Å²) in [6.07, 6.45) is 0.743. The number of amides is 1. The van der Waals surface area contributed by atoms with E-state index in [0.717, 1.165) is 11.3 Å². The highest BCUT2D eigenvalue weighted by molar-refractivity contribution is 7.91. The molecule has 1 aliphatic rings. The molecule has 1 fully saturated rings. The number of aromatic nitrogens is 1. The van der Waals surface area contributed by atoms with Gasteiger partial charge in [0.1, 0.15) is 5.76 Å². The Labute approximate surface area is 131 Å². The van der Waals surface area contributed by atoms with E-state index in [1.54, 1.807) is 11.8 Å². The summed E-state index contributed by atoms with van der Waals surface area (Å²) in [5.41, 5.74) is 1.52. The Balaban J connectivity index is 2.17. The third-order valence-corrected chi connectivity index (χ3v) is 5.79. The van der Waals surface area contributed by atoms with E-state index < -0.39 is 9.84 Å². The maximum atomic E-state index is 12.7. The SMILES string of the molecule is Cc1noc(C)c1CC(=O)N(CC(C)C)C1CCS(=O)(=O)C1. The monoisotopic (exact) mass is 328 g/mol. The average molecular weight is 328 g/mol. The van der Waals surface area contributed by atoms with Crippen molar-refractivity contribution in [3.8, 4) is 0 Å². The fourth-order valence-corrected chi connectivity index (χ4v) is 4.61. The van der Waals surface area contributed by atoms with E-state index in [9.17, 15) is 13.2 Å². The molecule has 124 valence electrons. The van der Waals surface area contributed by atoms with Gasteiger partial charge in [0.25, 0.3) is 0 Å². The smallest absolute Gasteiger partial charge is 0.227 e. The maximum absolute atomic E-state index is 12.7. The van der Waals surface area contributed by atoms with Gasteiger partial charge in [0.05, 0.1) is 23.6 Å². The minimum atomic E-state index is -3.01. The molecule has 0 saturated carbocycles. The second-order valence-corrected chi connectivity index (χ2v) is 8.71. The van der Waals surface area contributed by atoms with Gasteiger partial charge in [-0.2, -0.15) is 0 Å². The standard InChI is InChI=1S/C15H24N2O4S/c1-10(2)8-17(13-5-6-22(19,20)9-13)15(18)7-14-11(3)16-21-12(14)4/h10,13H,5-9H2,1-4H3. The molecule has 2 rings (SSSR count). The lowest BCUT2D eigenvalue weighted by Crippen LogP contribution is -2.44. The van der Waals surface area contributed by atoms with Crippen LogP contribution in [0.1, 0.15) is 37.3 Å². The number of hydrogen-bond acceptors (Lipinski definition) is 5. The predicted molar refractivity (Wildman–Crippen MR) is 83.3 cm³/mol. The van der Waals surface area contributed by atoms with E-state index in [1.165, 1.54) is 0 Å². The Morgan fingerprint density at radius 1 is 1.41 bits per heavy atom. The van der Waals surface area contributed by atoms with Crippen LogP contribution in [0, 0.1) is 19.8 Å². The molecule has 22 heavy (non-hydrogen) atoms. The lowest BCUT2D eigenvalue weighted by atomic mass is 10.1. The number of sulfone groups is 1. The first-order chi connectivity index (χ1) is 10.2. The number of aryl methyl sites for hydroxylation is 2. The van der Waals surface area contributed by atoms with E-state index in [2.05, 4.69) is 5.16 Å². The first kappa shape index (κ1) is 17.0. The molecule has 0 bridgehead atoms. The van der Waals surface area contributed by atoms with Crippen molar-refractivity contribution in [3.05, 3.63) is 17.0 Å². The zero-order chi connectivity index (χ0) is 16.5. The quantitative estimate of drug-likeness (QED) is 0.818. The zero-order valence-electron chi connectivity index (χ0n) is 13.6. The molecule has 1 atom stereocenters. The molecule has 1 unspecified atom stereocenters. The van der Waals surface area contributed by atoms with Gasteiger partial charge < -0.3 is 9.42 Å². The normalized spacial score (nSPS) is 20.5. The third-order valence-electron chi connectivity index (χ3n) is 4.04. The Kier molecular flexibility index (Phi) is 4.94. The molecule has 1 amide bonds. The average Bonchev–Trinajstić information content (AvgIpc) is 2.92. The largest absolute Gasteiger partial charge is 0.361 e. The summed E-state index contributed by atoms with van der Waals surface area (Å²) in [6.45, 7) is 8.23. The highest BCUT2D eigenvalue weighted by Gasteiger charge is 2.35. The molecule has 0 aromatic carbocycles. The maximum Gasteiger partial charge on any atom is 0.227 e. The Hall–Kier alpha value is -1.37. The molecule has 0 radical (unpaired) electrons. The van der Waals surface area contributed by atoms with Crippen LogP contribution in [0.3, 0.4) is 0 Å². The van der Waals surface area contributed by atoms with E-state index >= 15 is 0 Å². The van der Waals surface area contributed by atoms with Crippen molar-refractivity contribution in [2.75, 3.05) is 18.1 Å². The van der Waals surface area contributed by atoms with Gasteiger partial charge >= 0.3 is 0 Å². The lowest BCUT2D eigenvalue weighted by molar-refractivity contribution is -0.133. The Morgan fingerprint density at radius 2 is 2.09 bits per heavy atom. The molecule has 2 heterocycles. The molecule has 0 N–H and O–H groups in total. The lowest BCUT2D eigenvalue weighted by Gasteiger charge is -2.30. The van der Waals surface area contributed by atoms with Crippen LogP contribution in [-0.2, 0) is 21.1 Å². The fourth-order valence-electron chi connectivity index (χ4n) is 2.88. The van der Waals surface area contributed by atoms with Gasteiger partial charge in [-0.25, -0.2) is 8.42 Å². The summed E-state index contributed by atoms with van der Waals surface area (Å²) in [4.78, 5) is 14.4. The first-order valence-corrected chi connectivity index (χ1v) is 9.43. The van der Waals surface area contributed by atoms with E-state index in [0.29, 0.717) is 18.7 Å². The van der Waals surface area contributed by atoms with Gasteiger partial charge in [0.2, 0.25) is 5.91 Å². The summed E-state index contributed by atoms with van der Waals surface area (Å²) in [5.74, 6) is 1.13. The van der Waals surface area contributed by atoms with Crippen LogP contribution in [0.2, 0.25) is 0 Å². The molecule has 0 aliphatic carbocycles. The van der Waals surface area contributed by atoms with Crippen LogP contribution < -0.4 is 0 Å². The minimum absolute atomic E-state index is 0.0507. The van der Waals surface area contributed by atoms with Crippen LogP contribution in [0.15, 0.2) is 4.52 Å². The van der Waals surface area contributed by atoms with Gasteiger partial charge in [0.15, 0.2) is 9.84 Å². The second kappa shape index (κ2) is 6.40. The second-order valence-electron chi connectivity index (χ2n) is 6.48.